The molecular formula is C18H16N2O4S. The molecule has 25 heavy (non-hydrogen) atoms. The molecule has 2 amide bonds. The molecule has 0 saturated heterocycles. The van der Waals surface area contributed by atoms with Gasteiger partial charge in [0.05, 0.1) is 6.10 Å². The van der Waals surface area contributed by atoms with Gasteiger partial charge >= 0.3 is 6.03 Å². The monoisotopic (exact) mass is 356 g/mol. The summed E-state index contributed by atoms with van der Waals surface area (Å²) in [5.41, 5.74) is 1.42. The number of aliphatic hydroxyl groups excluding tert-OH is 1. The van der Waals surface area contributed by atoms with Gasteiger partial charge in [0, 0.05) is 28.6 Å². The topological polar surface area (TPSA) is 79.8 Å². The van der Waals surface area contributed by atoms with E-state index in [0.29, 0.717) is 17.2 Å². The standard InChI is InChI=1S/C18H16N2O4S/c21-14(13-9-25-17-4-2-1-3-12(13)17)8-19-18(22)20-11-5-6-15-16(7-11)24-10-23-15/h1-7,9,14,21H,8,10H2,(H2,19,20,22)/t14-/m1/s1. The van der Waals surface area contributed by atoms with Crippen LogP contribution in [0.5, 0.6) is 11.5 Å². The lowest BCUT2D eigenvalue weighted by Crippen LogP contribution is -2.32. The first-order chi connectivity index (χ1) is 12.2. The Morgan fingerprint density at radius 3 is 2.96 bits per heavy atom. The van der Waals surface area contributed by atoms with Crippen molar-refractivity contribution in [3.05, 3.63) is 53.4 Å². The molecule has 6 nitrogen and oxygen atoms in total. The SMILES string of the molecule is O=C(NC[C@@H](O)c1csc2ccccc12)Nc1ccc2c(c1)OCO2. The van der Waals surface area contributed by atoms with Crippen LogP contribution in [0.1, 0.15) is 11.7 Å². The van der Waals surface area contributed by atoms with Crippen LogP contribution in [0.25, 0.3) is 10.1 Å². The van der Waals surface area contributed by atoms with Gasteiger partial charge in [-0.2, -0.15) is 0 Å². The molecule has 4 rings (SSSR count). The predicted molar refractivity (Wildman–Crippen MR) is 96.4 cm³/mol. The third-order valence-corrected chi connectivity index (χ3v) is 4.94. The fraction of sp³-hybridized carbons (Fsp3) is 0.167. The van der Waals surface area contributed by atoms with E-state index >= 15 is 0 Å². The first-order valence-corrected chi connectivity index (χ1v) is 8.67. The zero-order chi connectivity index (χ0) is 17.2. The second-order valence-electron chi connectivity index (χ2n) is 5.61. The van der Waals surface area contributed by atoms with Crippen molar-refractivity contribution in [1.82, 2.24) is 5.32 Å². The maximum atomic E-state index is 12.0. The Labute approximate surface area is 148 Å². The molecule has 2 aromatic carbocycles. The molecule has 1 aromatic heterocycles. The van der Waals surface area contributed by atoms with E-state index in [2.05, 4.69) is 10.6 Å². The van der Waals surface area contributed by atoms with E-state index in [-0.39, 0.29) is 13.3 Å². The van der Waals surface area contributed by atoms with Gasteiger partial charge in [0.2, 0.25) is 6.79 Å². The van der Waals surface area contributed by atoms with Crippen molar-refractivity contribution in [3.63, 3.8) is 0 Å². The van der Waals surface area contributed by atoms with Gasteiger partial charge in [0.15, 0.2) is 11.5 Å². The average Bonchev–Trinajstić information content (AvgIpc) is 3.26. The molecule has 0 aliphatic carbocycles. The Hall–Kier alpha value is -2.77. The lowest BCUT2D eigenvalue weighted by atomic mass is 10.1. The van der Waals surface area contributed by atoms with Crippen LogP contribution in [0.2, 0.25) is 0 Å². The predicted octanol–water partition coefficient (Wildman–Crippen LogP) is 3.49. The maximum absolute atomic E-state index is 12.0. The fourth-order valence-electron chi connectivity index (χ4n) is 2.71. The molecule has 1 aliphatic rings. The number of amides is 2. The molecule has 1 aliphatic heterocycles. The van der Waals surface area contributed by atoms with Crippen LogP contribution in [0.15, 0.2) is 47.8 Å². The molecule has 3 aromatic rings. The van der Waals surface area contributed by atoms with Crippen molar-refractivity contribution in [2.75, 3.05) is 18.7 Å². The molecule has 0 fully saturated rings. The molecule has 0 bridgehead atoms. The first-order valence-electron chi connectivity index (χ1n) is 7.79. The minimum atomic E-state index is -0.765. The van der Waals surface area contributed by atoms with Crippen molar-refractivity contribution in [3.8, 4) is 11.5 Å². The number of urea groups is 1. The number of fused-ring (bicyclic) bond motifs is 2. The number of thiophene rings is 1. The lowest BCUT2D eigenvalue weighted by molar-refractivity contribution is 0.174. The lowest BCUT2D eigenvalue weighted by Gasteiger charge is -2.12. The maximum Gasteiger partial charge on any atom is 0.319 e. The quantitative estimate of drug-likeness (QED) is 0.669. The van der Waals surface area contributed by atoms with Gasteiger partial charge in [-0.05, 0) is 29.0 Å². The number of benzene rings is 2. The second kappa shape index (κ2) is 6.62. The van der Waals surface area contributed by atoms with Gasteiger partial charge in [-0.3, -0.25) is 0 Å². The summed E-state index contributed by atoms with van der Waals surface area (Å²) in [7, 11) is 0. The molecule has 0 saturated carbocycles. The number of carbonyl (C=O) groups excluding carboxylic acids is 1. The normalized spacial score (nSPS) is 13.6. The van der Waals surface area contributed by atoms with Crippen LogP contribution in [0.4, 0.5) is 10.5 Å². The summed E-state index contributed by atoms with van der Waals surface area (Å²) in [5.74, 6) is 1.26. The van der Waals surface area contributed by atoms with Crippen molar-refractivity contribution < 1.29 is 19.4 Å². The van der Waals surface area contributed by atoms with Crippen molar-refractivity contribution in [2.45, 2.75) is 6.10 Å². The summed E-state index contributed by atoms with van der Waals surface area (Å²) in [5, 5.41) is 18.7. The molecule has 7 heteroatoms. The summed E-state index contributed by atoms with van der Waals surface area (Å²) in [6, 6.07) is 12.7. The largest absolute Gasteiger partial charge is 0.454 e. The number of aliphatic hydroxyl groups is 1. The number of carbonyl (C=O) groups is 1. The third-order valence-electron chi connectivity index (χ3n) is 3.96. The smallest absolute Gasteiger partial charge is 0.319 e. The van der Waals surface area contributed by atoms with Gasteiger partial charge < -0.3 is 25.2 Å². The van der Waals surface area contributed by atoms with Crippen LogP contribution < -0.4 is 20.1 Å². The molecular weight excluding hydrogens is 340 g/mol. The molecule has 1 atom stereocenters. The summed E-state index contributed by atoms with van der Waals surface area (Å²) < 4.78 is 11.6. The Morgan fingerprint density at radius 1 is 1.20 bits per heavy atom. The third kappa shape index (κ3) is 3.24. The van der Waals surface area contributed by atoms with Crippen LogP contribution >= 0.6 is 11.3 Å². The highest BCUT2D eigenvalue weighted by molar-refractivity contribution is 7.17. The van der Waals surface area contributed by atoms with Gasteiger partial charge in [-0.25, -0.2) is 4.79 Å². The number of nitrogens with one attached hydrogen (secondary N) is 2. The summed E-state index contributed by atoms with van der Waals surface area (Å²) >= 11 is 1.58. The Morgan fingerprint density at radius 2 is 2.04 bits per heavy atom. The highest BCUT2D eigenvalue weighted by Crippen LogP contribution is 2.34. The van der Waals surface area contributed by atoms with Gasteiger partial charge in [0.1, 0.15) is 0 Å². The zero-order valence-corrected chi connectivity index (χ0v) is 14.0. The minimum absolute atomic E-state index is 0.122. The minimum Gasteiger partial charge on any atom is -0.454 e. The molecule has 128 valence electrons. The van der Waals surface area contributed by atoms with Crippen LogP contribution in [0.3, 0.4) is 0 Å². The summed E-state index contributed by atoms with van der Waals surface area (Å²) in [6.45, 7) is 0.308. The van der Waals surface area contributed by atoms with E-state index in [4.69, 9.17) is 9.47 Å². The number of hydrogen-bond donors (Lipinski definition) is 3. The number of rotatable bonds is 4. The number of hydrogen-bond acceptors (Lipinski definition) is 5. The van der Waals surface area contributed by atoms with Crippen LogP contribution in [0, 0.1) is 0 Å². The average molecular weight is 356 g/mol. The molecule has 0 radical (unpaired) electrons. The molecule has 0 spiro atoms. The Kier molecular flexibility index (Phi) is 4.17. The van der Waals surface area contributed by atoms with Gasteiger partial charge in [-0.15, -0.1) is 11.3 Å². The fourth-order valence-corrected chi connectivity index (χ4v) is 3.71. The van der Waals surface area contributed by atoms with E-state index < -0.39 is 12.1 Å². The number of ether oxygens (including phenoxy) is 2. The Balaban J connectivity index is 1.37. The van der Waals surface area contributed by atoms with Crippen molar-refractivity contribution in [2.24, 2.45) is 0 Å². The van der Waals surface area contributed by atoms with Gasteiger partial charge in [-0.1, -0.05) is 18.2 Å². The first kappa shape index (κ1) is 15.7. The molecule has 2 heterocycles. The highest BCUT2D eigenvalue weighted by atomic mass is 32.1. The Bertz CT molecular complexity index is 924. The van der Waals surface area contributed by atoms with Crippen molar-refractivity contribution >= 4 is 33.1 Å². The van der Waals surface area contributed by atoms with E-state index in [1.807, 2.05) is 29.6 Å². The highest BCUT2D eigenvalue weighted by Gasteiger charge is 2.16. The van der Waals surface area contributed by atoms with Crippen LogP contribution in [-0.4, -0.2) is 24.5 Å². The van der Waals surface area contributed by atoms with E-state index in [1.54, 1.807) is 29.5 Å². The van der Waals surface area contributed by atoms with E-state index in [9.17, 15) is 9.90 Å². The van der Waals surface area contributed by atoms with Gasteiger partial charge in [0.25, 0.3) is 0 Å². The van der Waals surface area contributed by atoms with Crippen molar-refractivity contribution in [1.29, 1.82) is 0 Å². The van der Waals surface area contributed by atoms with E-state index in [1.165, 1.54) is 0 Å². The number of anilines is 1. The summed E-state index contributed by atoms with van der Waals surface area (Å²) in [4.78, 5) is 12.0. The summed E-state index contributed by atoms with van der Waals surface area (Å²) in [6.07, 6.45) is -0.765. The zero-order valence-electron chi connectivity index (χ0n) is 13.2. The second-order valence-corrected chi connectivity index (χ2v) is 6.52. The molecule has 0 unspecified atom stereocenters. The van der Waals surface area contributed by atoms with E-state index in [0.717, 1.165) is 15.6 Å². The van der Waals surface area contributed by atoms with Crippen LogP contribution in [-0.2, 0) is 0 Å². The molecule has 3 N–H and O–H groups in total.